The van der Waals surface area contributed by atoms with Crippen LogP contribution in [0.25, 0.3) is 0 Å². The molecule has 80 valence electrons. The van der Waals surface area contributed by atoms with Crippen molar-refractivity contribution in [2.75, 3.05) is 0 Å². The van der Waals surface area contributed by atoms with Crippen LogP contribution in [0, 0.1) is 12.3 Å². The van der Waals surface area contributed by atoms with Gasteiger partial charge in [0.2, 0.25) is 10.0 Å². The van der Waals surface area contributed by atoms with E-state index in [9.17, 15) is 8.42 Å². The highest BCUT2D eigenvalue weighted by Crippen LogP contribution is 2.18. The van der Waals surface area contributed by atoms with Crippen molar-refractivity contribution in [2.24, 2.45) is 0 Å². The molecule has 0 radical (unpaired) electrons. The maximum atomic E-state index is 11.7. The minimum absolute atomic E-state index is 0.0752. The van der Waals surface area contributed by atoms with E-state index in [1.807, 2.05) is 0 Å². The average Bonchev–Trinajstić information content (AvgIpc) is 2.17. The molecule has 0 spiro atoms. The molecule has 1 unspecified atom stereocenters. The third-order valence-electron chi connectivity index (χ3n) is 1.61. The topological polar surface area (TPSA) is 59.1 Å². The Bertz CT molecular complexity index is 493. The summed E-state index contributed by atoms with van der Waals surface area (Å²) in [4.78, 5) is 3.61. The number of terminal acetylenes is 1. The predicted octanol–water partition coefficient (Wildman–Crippen LogP) is 1.03. The van der Waals surface area contributed by atoms with Gasteiger partial charge in [0.15, 0.2) is 0 Å². The van der Waals surface area contributed by atoms with Crippen molar-refractivity contribution in [1.82, 2.24) is 9.71 Å². The maximum absolute atomic E-state index is 11.7. The summed E-state index contributed by atoms with van der Waals surface area (Å²) < 4.78 is 25.7. The lowest BCUT2D eigenvalue weighted by Crippen LogP contribution is -2.31. The zero-order chi connectivity index (χ0) is 11.5. The van der Waals surface area contributed by atoms with Crippen molar-refractivity contribution in [3.8, 4) is 12.3 Å². The van der Waals surface area contributed by atoms with Gasteiger partial charge in [0.05, 0.1) is 11.1 Å². The molecule has 0 saturated heterocycles. The van der Waals surface area contributed by atoms with E-state index in [2.05, 4.69) is 15.6 Å². The molecule has 15 heavy (non-hydrogen) atoms. The molecule has 1 aromatic heterocycles. The smallest absolute Gasteiger partial charge is 0.244 e. The van der Waals surface area contributed by atoms with Crippen molar-refractivity contribution < 1.29 is 8.42 Å². The van der Waals surface area contributed by atoms with E-state index in [4.69, 9.17) is 18.0 Å². The zero-order valence-electron chi connectivity index (χ0n) is 7.94. The first-order valence-electron chi connectivity index (χ1n) is 4.05. The van der Waals surface area contributed by atoms with Crippen LogP contribution in [0.1, 0.15) is 6.92 Å². The van der Waals surface area contributed by atoms with Crippen LogP contribution < -0.4 is 4.72 Å². The third kappa shape index (κ3) is 2.93. The normalized spacial score (nSPS) is 13.1. The monoisotopic (exact) mass is 244 g/mol. The summed E-state index contributed by atoms with van der Waals surface area (Å²) in [6.45, 7) is 1.56. The largest absolute Gasteiger partial charge is 0.263 e. The fourth-order valence-corrected chi connectivity index (χ4v) is 2.49. The molecule has 0 bridgehead atoms. The van der Waals surface area contributed by atoms with Gasteiger partial charge in [0, 0.05) is 12.4 Å². The van der Waals surface area contributed by atoms with Crippen LogP contribution in [0.4, 0.5) is 0 Å². The van der Waals surface area contributed by atoms with Crippen molar-refractivity contribution in [3.05, 3.63) is 23.5 Å². The fraction of sp³-hybridized carbons (Fsp3) is 0.222. The van der Waals surface area contributed by atoms with Gasteiger partial charge in [-0.05, 0) is 13.0 Å². The van der Waals surface area contributed by atoms with Crippen LogP contribution in [0.5, 0.6) is 0 Å². The number of pyridine rings is 1. The molecule has 0 aliphatic rings. The van der Waals surface area contributed by atoms with Gasteiger partial charge < -0.3 is 0 Å². The van der Waals surface area contributed by atoms with Gasteiger partial charge >= 0.3 is 0 Å². The second-order valence-corrected chi connectivity index (χ2v) is 4.91. The van der Waals surface area contributed by atoms with E-state index in [1.165, 1.54) is 18.5 Å². The van der Waals surface area contributed by atoms with E-state index in [1.54, 1.807) is 6.92 Å². The first-order chi connectivity index (χ1) is 6.97. The van der Waals surface area contributed by atoms with E-state index in [0.717, 1.165) is 0 Å². The molecule has 1 N–H and O–H groups in total. The zero-order valence-corrected chi connectivity index (χ0v) is 9.51. The molecule has 1 rings (SSSR count). The summed E-state index contributed by atoms with van der Waals surface area (Å²) in [7, 11) is -3.69. The van der Waals surface area contributed by atoms with Crippen LogP contribution in [-0.2, 0) is 10.0 Å². The van der Waals surface area contributed by atoms with Gasteiger partial charge in [-0.25, -0.2) is 8.42 Å². The molecule has 1 heterocycles. The molecule has 1 atom stereocenters. The van der Waals surface area contributed by atoms with Crippen molar-refractivity contribution >= 4 is 21.6 Å². The van der Waals surface area contributed by atoms with Gasteiger partial charge in [-0.2, -0.15) is 4.72 Å². The van der Waals surface area contributed by atoms with E-state index >= 15 is 0 Å². The molecule has 0 aliphatic heterocycles. The summed E-state index contributed by atoms with van der Waals surface area (Å²) in [5.41, 5.74) is 0. The van der Waals surface area contributed by atoms with Crippen molar-refractivity contribution in [3.63, 3.8) is 0 Å². The molecule has 1 aromatic rings. The molecule has 0 aliphatic carbocycles. The Labute approximate surface area is 93.7 Å². The molecule has 0 amide bonds. The van der Waals surface area contributed by atoms with E-state index < -0.39 is 16.1 Å². The highest BCUT2D eigenvalue weighted by atomic mass is 35.5. The quantitative estimate of drug-likeness (QED) is 0.809. The Morgan fingerprint density at radius 2 is 2.33 bits per heavy atom. The molecule has 4 nitrogen and oxygen atoms in total. The van der Waals surface area contributed by atoms with Crippen molar-refractivity contribution in [1.29, 1.82) is 0 Å². The summed E-state index contributed by atoms with van der Waals surface area (Å²) >= 11 is 5.72. The Balaban J connectivity index is 3.09. The molecule has 0 fully saturated rings. The molecular weight excluding hydrogens is 236 g/mol. The lowest BCUT2D eigenvalue weighted by Gasteiger charge is -2.09. The first kappa shape index (κ1) is 12.0. The summed E-state index contributed by atoms with van der Waals surface area (Å²) in [6, 6.07) is 0.808. The predicted molar refractivity (Wildman–Crippen MR) is 57.9 cm³/mol. The van der Waals surface area contributed by atoms with Gasteiger partial charge in [0.25, 0.3) is 0 Å². The van der Waals surface area contributed by atoms with Crippen LogP contribution >= 0.6 is 11.6 Å². The molecular formula is C9H9ClN2O2S. The second kappa shape index (κ2) is 4.62. The fourth-order valence-electron chi connectivity index (χ4n) is 0.891. The number of hydrogen-bond donors (Lipinski definition) is 1. The molecule has 6 heteroatoms. The number of halogens is 1. The maximum Gasteiger partial charge on any atom is 0.244 e. The summed E-state index contributed by atoms with van der Waals surface area (Å²) in [5.74, 6) is 2.26. The standard InChI is InChI=1S/C9H9ClN2O2S/c1-3-7(2)12-15(13,14)9-6-11-5-4-8(9)10/h1,4-7,12H,2H3. The Kier molecular flexibility index (Phi) is 3.69. The lowest BCUT2D eigenvalue weighted by atomic mass is 10.4. The van der Waals surface area contributed by atoms with Crippen LogP contribution in [-0.4, -0.2) is 19.4 Å². The van der Waals surface area contributed by atoms with Gasteiger partial charge in [-0.15, -0.1) is 6.42 Å². The molecule has 0 aromatic carbocycles. The number of nitrogens with one attached hydrogen (secondary N) is 1. The highest BCUT2D eigenvalue weighted by Gasteiger charge is 2.19. The third-order valence-corrected chi connectivity index (χ3v) is 3.62. The number of hydrogen-bond acceptors (Lipinski definition) is 3. The minimum Gasteiger partial charge on any atom is -0.263 e. The van der Waals surface area contributed by atoms with Crippen LogP contribution in [0.3, 0.4) is 0 Å². The van der Waals surface area contributed by atoms with Crippen LogP contribution in [0.15, 0.2) is 23.4 Å². The van der Waals surface area contributed by atoms with Crippen molar-refractivity contribution in [2.45, 2.75) is 17.9 Å². The Morgan fingerprint density at radius 3 is 2.87 bits per heavy atom. The minimum atomic E-state index is -3.69. The van der Waals surface area contributed by atoms with Gasteiger partial charge in [0.1, 0.15) is 4.90 Å². The number of nitrogens with zero attached hydrogens (tertiary/aromatic N) is 1. The number of aromatic nitrogens is 1. The van der Waals surface area contributed by atoms with Gasteiger partial charge in [-0.3, -0.25) is 4.98 Å². The van der Waals surface area contributed by atoms with Gasteiger partial charge in [-0.1, -0.05) is 17.5 Å². The second-order valence-electron chi connectivity index (χ2n) is 2.82. The average molecular weight is 245 g/mol. The number of rotatable bonds is 3. The SMILES string of the molecule is C#CC(C)NS(=O)(=O)c1cnccc1Cl. The van der Waals surface area contributed by atoms with E-state index in [0.29, 0.717) is 0 Å². The summed E-state index contributed by atoms with van der Waals surface area (Å²) in [6.07, 6.45) is 7.65. The first-order valence-corrected chi connectivity index (χ1v) is 5.91. The number of sulfonamides is 1. The Morgan fingerprint density at radius 1 is 1.67 bits per heavy atom. The highest BCUT2D eigenvalue weighted by molar-refractivity contribution is 7.89. The summed E-state index contributed by atoms with van der Waals surface area (Å²) in [5, 5.41) is 0.113. The Hall–Kier alpha value is -1.09. The van der Waals surface area contributed by atoms with E-state index in [-0.39, 0.29) is 9.92 Å². The lowest BCUT2D eigenvalue weighted by molar-refractivity contribution is 0.577. The molecule has 0 saturated carbocycles. The van der Waals surface area contributed by atoms with Crippen LogP contribution in [0.2, 0.25) is 5.02 Å².